The highest BCUT2D eigenvalue weighted by Gasteiger charge is 2.30. The van der Waals surface area contributed by atoms with Crippen molar-refractivity contribution in [1.29, 1.82) is 0 Å². The van der Waals surface area contributed by atoms with Gasteiger partial charge in [-0.1, -0.05) is 23.7 Å². The van der Waals surface area contributed by atoms with Crippen LogP contribution in [0, 0.1) is 0 Å². The molecule has 1 aliphatic rings. The van der Waals surface area contributed by atoms with Gasteiger partial charge in [-0.2, -0.15) is 0 Å². The fourth-order valence-electron chi connectivity index (χ4n) is 3.55. The summed E-state index contributed by atoms with van der Waals surface area (Å²) in [5, 5.41) is 1.16. The average Bonchev–Trinajstić information content (AvgIpc) is 3.16. The molecule has 1 aliphatic heterocycles. The number of hydrogen-bond acceptors (Lipinski definition) is 7. The number of carbonyl (C=O) groups excluding carboxylic acids is 2. The third-order valence-electron chi connectivity index (χ3n) is 5.43. The van der Waals surface area contributed by atoms with Gasteiger partial charge < -0.3 is 14.2 Å². The van der Waals surface area contributed by atoms with Crippen LogP contribution in [0.1, 0.15) is 28.4 Å². The van der Waals surface area contributed by atoms with Crippen molar-refractivity contribution in [3.8, 4) is 11.5 Å². The molecular formula is C28H24BrClN2O5S. The Balaban J connectivity index is 1.53. The largest absolute Gasteiger partial charge is 0.493 e. The van der Waals surface area contributed by atoms with Gasteiger partial charge in [0.25, 0.3) is 5.91 Å². The summed E-state index contributed by atoms with van der Waals surface area (Å²) in [5.41, 5.74) is 2.75. The Morgan fingerprint density at radius 2 is 1.92 bits per heavy atom. The van der Waals surface area contributed by atoms with Crippen LogP contribution >= 0.6 is 39.3 Å². The molecule has 0 spiro atoms. The van der Waals surface area contributed by atoms with Gasteiger partial charge in [0.05, 0.1) is 34.3 Å². The smallest absolute Gasteiger partial charge is 0.338 e. The second kappa shape index (κ2) is 12.5. The molecule has 3 aromatic rings. The zero-order valence-corrected chi connectivity index (χ0v) is 24.0. The molecule has 0 aromatic heterocycles. The summed E-state index contributed by atoms with van der Waals surface area (Å²) in [7, 11) is 3.23. The van der Waals surface area contributed by atoms with Crippen LogP contribution in [0.3, 0.4) is 0 Å². The summed E-state index contributed by atoms with van der Waals surface area (Å²) in [4.78, 5) is 31.4. The molecule has 4 rings (SSSR count). The van der Waals surface area contributed by atoms with E-state index in [0.717, 1.165) is 11.1 Å². The minimum Gasteiger partial charge on any atom is -0.493 e. The van der Waals surface area contributed by atoms with Gasteiger partial charge in [-0.15, -0.1) is 0 Å². The second-order valence-electron chi connectivity index (χ2n) is 8.09. The van der Waals surface area contributed by atoms with Gasteiger partial charge in [-0.05, 0) is 100 Å². The van der Waals surface area contributed by atoms with Crippen molar-refractivity contribution in [3.63, 3.8) is 0 Å². The number of amidine groups is 1. The first-order valence-corrected chi connectivity index (χ1v) is 13.6. The van der Waals surface area contributed by atoms with Gasteiger partial charge in [-0.25, -0.2) is 9.79 Å². The molecule has 0 atom stereocenters. The molecule has 7 nitrogen and oxygen atoms in total. The Morgan fingerprint density at radius 3 is 2.61 bits per heavy atom. The number of nitrogens with zero attached hydrogens (tertiary/aromatic N) is 2. The number of benzene rings is 3. The molecule has 0 N–H and O–H groups in total. The third-order valence-corrected chi connectivity index (χ3v) is 7.31. The lowest BCUT2D eigenvalue weighted by Crippen LogP contribution is -2.23. The minimum absolute atomic E-state index is 0.173. The monoisotopic (exact) mass is 614 g/mol. The summed E-state index contributed by atoms with van der Waals surface area (Å²) in [6.07, 6.45) is 1.78. The van der Waals surface area contributed by atoms with E-state index in [1.54, 1.807) is 51.4 Å². The van der Waals surface area contributed by atoms with Crippen LogP contribution in [0.5, 0.6) is 11.5 Å². The van der Waals surface area contributed by atoms with Crippen LogP contribution in [-0.2, 0) is 16.1 Å². The van der Waals surface area contributed by atoms with Gasteiger partial charge in [0.1, 0.15) is 6.61 Å². The van der Waals surface area contributed by atoms with E-state index in [2.05, 4.69) is 20.9 Å². The van der Waals surface area contributed by atoms with Crippen molar-refractivity contribution in [2.45, 2.75) is 13.5 Å². The van der Waals surface area contributed by atoms with Gasteiger partial charge >= 0.3 is 5.97 Å². The number of ether oxygens (including phenoxy) is 3. The normalized spacial score (nSPS) is 15.3. The molecule has 10 heteroatoms. The Morgan fingerprint density at radius 1 is 1.16 bits per heavy atom. The predicted molar refractivity (Wildman–Crippen MR) is 154 cm³/mol. The first kappa shape index (κ1) is 27.8. The zero-order valence-electron chi connectivity index (χ0n) is 20.9. The Hall–Kier alpha value is -3.27. The third kappa shape index (κ3) is 6.59. The predicted octanol–water partition coefficient (Wildman–Crippen LogP) is 7.10. The quantitative estimate of drug-likeness (QED) is 0.199. The maximum Gasteiger partial charge on any atom is 0.338 e. The molecule has 0 bridgehead atoms. The molecule has 196 valence electrons. The summed E-state index contributed by atoms with van der Waals surface area (Å²) in [6, 6.07) is 17.8. The highest BCUT2D eigenvalue weighted by atomic mass is 79.9. The van der Waals surface area contributed by atoms with Crippen molar-refractivity contribution < 1.29 is 23.8 Å². The molecule has 0 aliphatic carbocycles. The van der Waals surface area contributed by atoms with Crippen LogP contribution in [0.4, 0.5) is 5.69 Å². The van der Waals surface area contributed by atoms with E-state index in [1.807, 2.05) is 36.4 Å². The van der Waals surface area contributed by atoms with E-state index in [4.69, 9.17) is 25.8 Å². The van der Waals surface area contributed by atoms with Crippen molar-refractivity contribution in [1.82, 2.24) is 4.90 Å². The van der Waals surface area contributed by atoms with Crippen molar-refractivity contribution in [3.05, 3.63) is 91.8 Å². The standard InChI is InChI=1S/C28H24BrClN2O5S/c1-4-36-27(34)19-8-10-21(11-9-19)31-28-32(2)26(33)24(38-28)15-18-13-22(29)25(23(14-18)35-3)37-16-17-6-5-7-20(30)12-17/h5-15H,4,16H2,1-3H3/b24-15-,31-28?. The van der Waals surface area contributed by atoms with Gasteiger partial charge in [0.2, 0.25) is 0 Å². The number of rotatable bonds is 8. The lowest BCUT2D eigenvalue weighted by atomic mass is 10.1. The number of thioether (sulfide) groups is 1. The maximum absolute atomic E-state index is 12.9. The van der Waals surface area contributed by atoms with Crippen LogP contribution in [0.2, 0.25) is 5.02 Å². The molecule has 0 unspecified atom stereocenters. The number of amides is 1. The summed E-state index contributed by atoms with van der Waals surface area (Å²) in [5.74, 6) is 0.508. The van der Waals surface area contributed by atoms with Crippen LogP contribution in [0.15, 0.2) is 75.0 Å². The zero-order chi connectivity index (χ0) is 27.2. The number of halogens is 2. The molecule has 0 saturated carbocycles. The van der Waals surface area contributed by atoms with Crippen molar-refractivity contribution >= 4 is 68.1 Å². The molecule has 1 heterocycles. The number of esters is 1. The molecule has 3 aromatic carbocycles. The fraction of sp³-hybridized carbons (Fsp3) is 0.179. The highest BCUT2D eigenvalue weighted by Crippen LogP contribution is 2.39. The first-order chi connectivity index (χ1) is 18.3. The summed E-state index contributed by atoms with van der Waals surface area (Å²) < 4.78 is 17.3. The Labute approximate surface area is 238 Å². The topological polar surface area (TPSA) is 77.4 Å². The molecular weight excluding hydrogens is 592 g/mol. The van der Waals surface area contributed by atoms with Gasteiger partial charge in [0.15, 0.2) is 16.7 Å². The van der Waals surface area contributed by atoms with E-state index in [9.17, 15) is 9.59 Å². The lowest BCUT2D eigenvalue weighted by molar-refractivity contribution is -0.121. The lowest BCUT2D eigenvalue weighted by Gasteiger charge is -2.14. The average molecular weight is 616 g/mol. The van der Waals surface area contributed by atoms with Crippen molar-refractivity contribution in [2.75, 3.05) is 20.8 Å². The van der Waals surface area contributed by atoms with E-state index < -0.39 is 0 Å². The first-order valence-electron chi connectivity index (χ1n) is 11.6. The summed E-state index contributed by atoms with van der Waals surface area (Å²) >= 11 is 10.9. The van der Waals surface area contributed by atoms with E-state index in [-0.39, 0.29) is 11.9 Å². The minimum atomic E-state index is -0.387. The fourth-order valence-corrected chi connectivity index (χ4v) is 5.32. The van der Waals surface area contributed by atoms with Crippen LogP contribution in [-0.4, -0.2) is 42.7 Å². The Kier molecular flexibility index (Phi) is 9.14. The van der Waals surface area contributed by atoms with E-state index >= 15 is 0 Å². The molecule has 1 amide bonds. The van der Waals surface area contributed by atoms with Crippen LogP contribution < -0.4 is 9.47 Å². The van der Waals surface area contributed by atoms with Crippen molar-refractivity contribution in [2.24, 2.45) is 4.99 Å². The Bertz CT molecular complexity index is 1430. The molecule has 38 heavy (non-hydrogen) atoms. The van der Waals surface area contributed by atoms with Gasteiger partial charge in [0, 0.05) is 12.1 Å². The van der Waals surface area contributed by atoms with Crippen LogP contribution in [0.25, 0.3) is 6.08 Å². The highest BCUT2D eigenvalue weighted by molar-refractivity contribution is 9.10. The SMILES string of the molecule is CCOC(=O)c1ccc(N=C2S/C(=C\c3cc(Br)c(OCc4cccc(Cl)c4)c(OC)c3)C(=O)N2C)cc1. The maximum atomic E-state index is 12.9. The number of aliphatic imine (C=N–C) groups is 1. The van der Waals surface area contributed by atoms with Gasteiger partial charge in [-0.3, -0.25) is 9.69 Å². The molecule has 0 radical (unpaired) electrons. The number of methoxy groups -OCH3 is 1. The number of likely N-dealkylation sites (N-methyl/N-ethyl adjacent to an activating group) is 1. The summed E-state index contributed by atoms with van der Waals surface area (Å²) in [6.45, 7) is 2.38. The molecule has 1 fully saturated rings. The number of hydrogen-bond donors (Lipinski definition) is 0. The van der Waals surface area contributed by atoms with E-state index in [1.165, 1.54) is 16.7 Å². The number of carbonyl (C=O) groups is 2. The second-order valence-corrected chi connectivity index (χ2v) is 10.4. The van der Waals surface area contributed by atoms with E-state index in [0.29, 0.717) is 55.5 Å². The molecule has 1 saturated heterocycles.